The summed E-state index contributed by atoms with van der Waals surface area (Å²) in [4.78, 5) is 20.6. The third-order valence-corrected chi connectivity index (χ3v) is 2.60. The summed E-state index contributed by atoms with van der Waals surface area (Å²) in [6.45, 7) is 5.66. The van der Waals surface area contributed by atoms with Crippen LogP contribution in [0, 0.1) is 0 Å². The molecule has 0 rings (SSSR count). The van der Waals surface area contributed by atoms with Gasteiger partial charge in [-0.05, 0) is 13.8 Å². The quantitative estimate of drug-likeness (QED) is 0.412. The molecule has 4 heteroatoms. The Kier molecular flexibility index (Phi) is 17.3. The molecule has 0 unspecified atom stereocenters. The molecule has 3 nitrogen and oxygen atoms in total. The fourth-order valence-corrected chi connectivity index (χ4v) is 1.58. The van der Waals surface area contributed by atoms with Crippen molar-refractivity contribution >= 4 is 11.8 Å². The molecule has 0 aromatic carbocycles. The Morgan fingerprint density at radius 2 is 1.75 bits per heavy atom. The van der Waals surface area contributed by atoms with E-state index in [-0.39, 0.29) is 12.2 Å². The number of ether oxygens (including phenoxy) is 1. The number of Topliss-reactive ketones (excluding diaryl/α,β-unsaturated/α-hetero) is 1. The van der Waals surface area contributed by atoms with Crippen molar-refractivity contribution in [1.29, 1.82) is 0 Å². The number of hydrogen-bond donors (Lipinski definition) is 0. The number of unbranched alkanes of at least 4 members (excludes halogenated alkanes) is 3. The Labute approximate surface area is 114 Å². The van der Waals surface area contributed by atoms with Gasteiger partial charge in [-0.15, -0.1) is 0 Å². The molecule has 93 valence electrons. The van der Waals surface area contributed by atoms with Gasteiger partial charge in [-0.25, -0.2) is 0 Å². The molecule has 0 atom stereocenters. The largest absolute Gasteiger partial charge is 0.466 e. The van der Waals surface area contributed by atoms with Gasteiger partial charge in [0.25, 0.3) is 0 Å². The summed E-state index contributed by atoms with van der Waals surface area (Å²) in [6, 6.07) is 0. The molecule has 0 saturated heterocycles. The van der Waals surface area contributed by atoms with Crippen LogP contribution in [0.25, 0.3) is 0 Å². The normalized spacial score (nSPS) is 8.88. The zero-order valence-corrected chi connectivity index (χ0v) is 13.1. The molecule has 0 fully saturated rings. The third kappa shape index (κ3) is 19.6. The third-order valence-electron chi connectivity index (χ3n) is 1.73. The van der Waals surface area contributed by atoms with Crippen molar-refractivity contribution < 1.29 is 39.0 Å². The van der Waals surface area contributed by atoms with Crippen LogP contribution in [-0.2, 0) is 39.0 Å². The van der Waals surface area contributed by atoms with E-state index < -0.39 is 5.97 Å². The smallest absolute Gasteiger partial charge is 0.313 e. The number of carbonyl (C=O) groups is 2. The van der Waals surface area contributed by atoms with Crippen molar-refractivity contribution in [3.8, 4) is 0 Å². The number of hydrogen-bond acceptors (Lipinski definition) is 3. The first-order valence-electron chi connectivity index (χ1n) is 5.88. The summed E-state index contributed by atoms with van der Waals surface area (Å²) in [5.74, 6) is -0.599. The molecule has 0 saturated carbocycles. The van der Waals surface area contributed by atoms with Gasteiger partial charge in [0.2, 0.25) is 0 Å². The summed E-state index contributed by atoms with van der Waals surface area (Å²) in [7, 11) is 0. The van der Waals surface area contributed by atoms with Crippen LogP contribution in [0.1, 0.15) is 52.9 Å². The van der Waals surface area contributed by atoms with Gasteiger partial charge in [0, 0.05) is 0 Å². The molecule has 0 spiro atoms. The molecular weight excluding hydrogens is 283 g/mol. The molecule has 0 aliphatic carbocycles. The van der Waals surface area contributed by atoms with Crippen LogP contribution in [0.5, 0.6) is 0 Å². The Morgan fingerprint density at radius 3 is 2.12 bits per heavy atom. The maximum Gasteiger partial charge on any atom is 0.313 e. The Balaban J connectivity index is 0. The van der Waals surface area contributed by atoms with Gasteiger partial charge in [0.15, 0.2) is 0 Å². The van der Waals surface area contributed by atoms with E-state index in [4.69, 9.17) is 0 Å². The van der Waals surface area contributed by atoms with Gasteiger partial charge >= 0.3 is 67.4 Å². The van der Waals surface area contributed by atoms with Crippen LogP contribution in [-0.4, -0.2) is 18.4 Å². The average Bonchev–Trinajstić information content (AvgIpc) is 2.18. The minimum Gasteiger partial charge on any atom is -0.466 e. The van der Waals surface area contributed by atoms with Crippen molar-refractivity contribution in [3.63, 3.8) is 0 Å². The van der Waals surface area contributed by atoms with Gasteiger partial charge in [-0.1, -0.05) is 0 Å². The zero-order chi connectivity index (χ0) is 12.8. The van der Waals surface area contributed by atoms with Gasteiger partial charge in [-0.2, -0.15) is 0 Å². The SMILES string of the molecule is CCCCC[CH2][Zr].CCOC(=O)CC(C)=O. The molecule has 0 radical (unpaired) electrons. The minimum absolute atomic E-state index is 0.103. The van der Waals surface area contributed by atoms with Crippen LogP contribution in [0.2, 0.25) is 4.13 Å². The fourth-order valence-electron chi connectivity index (χ4n) is 0.967. The summed E-state index contributed by atoms with van der Waals surface area (Å²) < 4.78 is 5.94. The van der Waals surface area contributed by atoms with Gasteiger partial charge in [0.05, 0.1) is 6.61 Å². The van der Waals surface area contributed by atoms with E-state index in [1.807, 2.05) is 0 Å². The monoisotopic (exact) mass is 305 g/mol. The summed E-state index contributed by atoms with van der Waals surface area (Å²) in [5, 5.41) is 0. The first-order valence-corrected chi connectivity index (χ1v) is 7.61. The summed E-state index contributed by atoms with van der Waals surface area (Å²) in [5.41, 5.74) is 0. The molecule has 0 bridgehead atoms. The number of ketones is 1. The second-order valence-corrected chi connectivity index (χ2v) is 4.72. The summed E-state index contributed by atoms with van der Waals surface area (Å²) >= 11 is 1.70. The van der Waals surface area contributed by atoms with Crippen LogP contribution < -0.4 is 0 Å². The van der Waals surface area contributed by atoms with E-state index in [2.05, 4.69) is 11.7 Å². The van der Waals surface area contributed by atoms with Gasteiger partial charge in [-0.3, -0.25) is 9.59 Å². The topological polar surface area (TPSA) is 43.4 Å². The Morgan fingerprint density at radius 1 is 1.12 bits per heavy atom. The molecule has 0 N–H and O–H groups in total. The van der Waals surface area contributed by atoms with E-state index >= 15 is 0 Å². The van der Waals surface area contributed by atoms with Crippen LogP contribution in [0.15, 0.2) is 0 Å². The van der Waals surface area contributed by atoms with E-state index in [1.165, 1.54) is 36.7 Å². The van der Waals surface area contributed by atoms with Gasteiger partial charge in [0.1, 0.15) is 12.2 Å². The molecule has 0 heterocycles. The molecule has 16 heavy (non-hydrogen) atoms. The van der Waals surface area contributed by atoms with Crippen LogP contribution in [0.4, 0.5) is 0 Å². The average molecular weight is 307 g/mol. The molecule has 0 aliphatic rings. The zero-order valence-electron chi connectivity index (χ0n) is 10.7. The van der Waals surface area contributed by atoms with E-state index in [0.29, 0.717) is 6.61 Å². The van der Waals surface area contributed by atoms with Crippen LogP contribution >= 0.6 is 0 Å². The van der Waals surface area contributed by atoms with Crippen molar-refractivity contribution in [3.05, 3.63) is 0 Å². The summed E-state index contributed by atoms with van der Waals surface area (Å²) in [6.07, 6.45) is 5.63. The maximum atomic E-state index is 10.4. The fraction of sp³-hybridized carbons (Fsp3) is 0.833. The first-order chi connectivity index (χ1) is 7.58. The molecular formula is C12H23O3Zr. The molecule has 0 aromatic heterocycles. The van der Waals surface area contributed by atoms with Crippen molar-refractivity contribution in [2.45, 2.75) is 57.0 Å². The van der Waals surface area contributed by atoms with E-state index in [0.717, 1.165) is 0 Å². The maximum absolute atomic E-state index is 10.4. The van der Waals surface area contributed by atoms with Crippen molar-refractivity contribution in [2.75, 3.05) is 6.61 Å². The first kappa shape index (κ1) is 18.4. The van der Waals surface area contributed by atoms with Crippen molar-refractivity contribution in [1.82, 2.24) is 0 Å². The number of esters is 1. The Bertz CT molecular complexity index is 177. The van der Waals surface area contributed by atoms with Crippen LogP contribution in [0.3, 0.4) is 0 Å². The predicted octanol–water partition coefficient (Wildman–Crippen LogP) is 3.06. The predicted molar refractivity (Wildman–Crippen MR) is 60.9 cm³/mol. The second-order valence-electron chi connectivity index (χ2n) is 3.49. The molecule has 0 aliphatic heterocycles. The second kappa shape index (κ2) is 15.0. The van der Waals surface area contributed by atoms with E-state index in [1.54, 1.807) is 31.6 Å². The number of rotatable bonds is 7. The van der Waals surface area contributed by atoms with E-state index in [9.17, 15) is 9.59 Å². The molecule has 0 amide bonds. The molecule has 0 aromatic rings. The van der Waals surface area contributed by atoms with Gasteiger partial charge < -0.3 is 4.74 Å². The Hall–Kier alpha value is 0.0231. The minimum atomic E-state index is -0.440. The van der Waals surface area contributed by atoms with Crippen molar-refractivity contribution in [2.24, 2.45) is 0 Å². The standard InChI is InChI=1S/C6H10O3.C6H13.Zr/c1-3-9-6(8)4-5(2)7;1-3-5-6-4-2;/h3-4H2,1-2H3;1,3-6H2,2H3;. The number of carbonyl (C=O) groups excluding carboxylic acids is 2.